The van der Waals surface area contributed by atoms with E-state index in [4.69, 9.17) is 4.74 Å². The number of piperidine rings is 1. The van der Waals surface area contributed by atoms with Crippen LogP contribution < -0.4 is 0 Å². The monoisotopic (exact) mass is 307 g/mol. The first-order chi connectivity index (χ1) is 9.40. The van der Waals surface area contributed by atoms with Crippen molar-refractivity contribution in [1.29, 1.82) is 0 Å². The maximum absolute atomic E-state index is 12.1. The summed E-state index contributed by atoms with van der Waals surface area (Å²) in [5.41, 5.74) is 0. The molecule has 0 unspecified atom stereocenters. The molecule has 1 fully saturated rings. The average Bonchev–Trinajstić information content (AvgIpc) is 2.39. The van der Waals surface area contributed by atoms with E-state index in [-0.39, 0.29) is 25.7 Å². The zero-order valence-electron chi connectivity index (χ0n) is 11.8. The summed E-state index contributed by atoms with van der Waals surface area (Å²) in [5, 5.41) is 0. The fourth-order valence-corrected chi connectivity index (χ4v) is 3.47. The Hall–Kier alpha value is -1.15. The van der Waals surface area contributed by atoms with Gasteiger partial charge in [-0.1, -0.05) is 0 Å². The number of sulfonamides is 1. The number of carbonyl (C=O) groups is 2. The van der Waals surface area contributed by atoms with Gasteiger partial charge in [-0.3, -0.25) is 9.59 Å². The van der Waals surface area contributed by atoms with Gasteiger partial charge in [0, 0.05) is 13.1 Å². The quantitative estimate of drug-likeness (QED) is 0.649. The second-order valence-electron chi connectivity index (χ2n) is 4.51. The summed E-state index contributed by atoms with van der Waals surface area (Å²) in [6.45, 7) is 4.11. The summed E-state index contributed by atoms with van der Waals surface area (Å²) >= 11 is 0. The van der Waals surface area contributed by atoms with Crippen molar-refractivity contribution in [1.82, 2.24) is 4.31 Å². The molecule has 1 aliphatic heterocycles. The molecule has 1 saturated heterocycles. The fraction of sp³-hybridized carbons (Fsp3) is 0.833. The molecule has 1 heterocycles. The number of hydrogen-bond acceptors (Lipinski definition) is 6. The van der Waals surface area contributed by atoms with Crippen molar-refractivity contribution < 1.29 is 27.5 Å². The van der Waals surface area contributed by atoms with Crippen LogP contribution in [0.25, 0.3) is 0 Å². The Morgan fingerprint density at radius 3 is 2.45 bits per heavy atom. The first kappa shape index (κ1) is 16.9. The van der Waals surface area contributed by atoms with E-state index in [2.05, 4.69) is 4.74 Å². The zero-order chi connectivity index (χ0) is 15.2. The van der Waals surface area contributed by atoms with Gasteiger partial charge in [-0.15, -0.1) is 0 Å². The molecule has 1 aliphatic rings. The molecular weight excluding hydrogens is 286 g/mol. The van der Waals surface area contributed by atoms with Crippen molar-refractivity contribution in [3.63, 3.8) is 0 Å². The molecular formula is C12H21NO6S. The van der Waals surface area contributed by atoms with Gasteiger partial charge >= 0.3 is 11.9 Å². The lowest BCUT2D eigenvalue weighted by molar-refractivity contribution is -0.149. The maximum atomic E-state index is 12.1. The van der Waals surface area contributed by atoms with E-state index >= 15 is 0 Å². The molecule has 1 atom stereocenters. The zero-order valence-corrected chi connectivity index (χ0v) is 12.6. The Morgan fingerprint density at radius 2 is 1.85 bits per heavy atom. The third kappa shape index (κ3) is 4.75. The summed E-state index contributed by atoms with van der Waals surface area (Å²) in [6.07, 6.45) is 1.18. The lowest BCUT2D eigenvalue weighted by Gasteiger charge is -2.30. The molecule has 20 heavy (non-hydrogen) atoms. The van der Waals surface area contributed by atoms with Crippen LogP contribution in [0.15, 0.2) is 0 Å². The van der Waals surface area contributed by atoms with Crippen molar-refractivity contribution in [3.05, 3.63) is 0 Å². The normalized spacial score (nSPS) is 20.4. The predicted molar refractivity (Wildman–Crippen MR) is 71.3 cm³/mol. The largest absolute Gasteiger partial charge is 0.466 e. The predicted octanol–water partition coefficient (Wildman–Crippen LogP) is 0.154. The lowest BCUT2D eigenvalue weighted by Crippen LogP contribution is -2.44. The molecule has 0 bridgehead atoms. The van der Waals surface area contributed by atoms with Gasteiger partial charge in [0.15, 0.2) is 5.75 Å². The van der Waals surface area contributed by atoms with Crippen LogP contribution >= 0.6 is 0 Å². The third-order valence-corrected chi connectivity index (χ3v) is 4.72. The summed E-state index contributed by atoms with van der Waals surface area (Å²) in [5.74, 6) is -2.30. The van der Waals surface area contributed by atoms with Gasteiger partial charge in [0.1, 0.15) is 0 Å². The molecule has 0 aliphatic carbocycles. The summed E-state index contributed by atoms with van der Waals surface area (Å²) < 4.78 is 34.9. The highest BCUT2D eigenvalue weighted by Crippen LogP contribution is 2.20. The highest BCUT2D eigenvalue weighted by Gasteiger charge is 2.34. The Morgan fingerprint density at radius 1 is 1.20 bits per heavy atom. The van der Waals surface area contributed by atoms with Crippen LogP contribution in [0.5, 0.6) is 0 Å². The van der Waals surface area contributed by atoms with Crippen LogP contribution in [-0.4, -0.2) is 56.7 Å². The van der Waals surface area contributed by atoms with Gasteiger partial charge < -0.3 is 9.47 Å². The van der Waals surface area contributed by atoms with E-state index in [1.807, 2.05) is 0 Å². The number of esters is 2. The molecule has 7 nitrogen and oxygen atoms in total. The fourth-order valence-electron chi connectivity index (χ4n) is 2.09. The molecule has 116 valence electrons. The van der Waals surface area contributed by atoms with Crippen molar-refractivity contribution >= 4 is 22.0 Å². The van der Waals surface area contributed by atoms with Crippen LogP contribution in [0.3, 0.4) is 0 Å². The SMILES string of the molecule is CCOC(=O)CS(=O)(=O)N1CCC[C@@H](C(=O)OCC)C1. The second kappa shape index (κ2) is 7.58. The van der Waals surface area contributed by atoms with Gasteiger partial charge in [-0.25, -0.2) is 12.7 Å². The molecule has 8 heteroatoms. The topological polar surface area (TPSA) is 90.0 Å². The molecule has 0 amide bonds. The van der Waals surface area contributed by atoms with Gasteiger partial charge in [-0.05, 0) is 26.7 Å². The van der Waals surface area contributed by atoms with Crippen molar-refractivity contribution in [3.8, 4) is 0 Å². The van der Waals surface area contributed by atoms with Crippen molar-refractivity contribution in [2.24, 2.45) is 5.92 Å². The molecule has 0 radical (unpaired) electrons. The van der Waals surface area contributed by atoms with E-state index in [1.54, 1.807) is 13.8 Å². The average molecular weight is 307 g/mol. The molecule has 0 aromatic carbocycles. The highest BCUT2D eigenvalue weighted by molar-refractivity contribution is 7.89. The Bertz CT molecular complexity index is 447. The van der Waals surface area contributed by atoms with Crippen LogP contribution in [0, 0.1) is 5.92 Å². The van der Waals surface area contributed by atoms with Gasteiger partial charge in [-0.2, -0.15) is 0 Å². The van der Waals surface area contributed by atoms with Crippen LogP contribution in [0.1, 0.15) is 26.7 Å². The number of carbonyl (C=O) groups excluding carboxylic acids is 2. The molecule has 0 saturated carbocycles. The van der Waals surface area contributed by atoms with E-state index in [0.717, 1.165) is 0 Å². The van der Waals surface area contributed by atoms with E-state index in [9.17, 15) is 18.0 Å². The van der Waals surface area contributed by atoms with Crippen molar-refractivity contribution in [2.75, 3.05) is 32.1 Å². The van der Waals surface area contributed by atoms with E-state index < -0.39 is 27.7 Å². The number of ether oxygens (including phenoxy) is 2. The highest BCUT2D eigenvalue weighted by atomic mass is 32.2. The molecule has 0 aromatic heterocycles. The number of hydrogen-bond donors (Lipinski definition) is 0. The summed E-state index contributed by atoms with van der Waals surface area (Å²) in [6, 6.07) is 0. The third-order valence-electron chi connectivity index (χ3n) is 3.00. The van der Waals surface area contributed by atoms with Gasteiger partial charge in [0.25, 0.3) is 0 Å². The van der Waals surface area contributed by atoms with Gasteiger partial charge in [0.2, 0.25) is 10.0 Å². The lowest BCUT2D eigenvalue weighted by atomic mass is 10.0. The Balaban J connectivity index is 2.65. The van der Waals surface area contributed by atoms with E-state index in [0.29, 0.717) is 19.4 Å². The van der Waals surface area contributed by atoms with Crippen LogP contribution in [0.4, 0.5) is 0 Å². The smallest absolute Gasteiger partial charge is 0.322 e. The minimum atomic E-state index is -3.74. The van der Waals surface area contributed by atoms with E-state index in [1.165, 1.54) is 4.31 Å². The van der Waals surface area contributed by atoms with Crippen LogP contribution in [-0.2, 0) is 29.1 Å². The van der Waals surface area contributed by atoms with Gasteiger partial charge in [0.05, 0.1) is 19.1 Å². The standard InChI is InChI=1S/C12H21NO6S/c1-3-18-11(14)9-20(16,17)13-7-5-6-10(8-13)12(15)19-4-2/h10H,3-9H2,1-2H3/t10-/m1/s1. The molecule has 0 spiro atoms. The minimum Gasteiger partial charge on any atom is -0.466 e. The number of nitrogens with zero attached hydrogens (tertiary/aromatic N) is 1. The molecule has 1 rings (SSSR count). The number of rotatable bonds is 6. The maximum Gasteiger partial charge on any atom is 0.322 e. The van der Waals surface area contributed by atoms with Crippen LogP contribution in [0.2, 0.25) is 0 Å². The Kier molecular flexibility index (Phi) is 6.41. The molecule has 0 N–H and O–H groups in total. The second-order valence-corrected chi connectivity index (χ2v) is 6.48. The summed E-state index contributed by atoms with van der Waals surface area (Å²) in [4.78, 5) is 23.0. The Labute approximate surface area is 119 Å². The minimum absolute atomic E-state index is 0.0700. The van der Waals surface area contributed by atoms with Crippen molar-refractivity contribution in [2.45, 2.75) is 26.7 Å². The summed E-state index contributed by atoms with van der Waals surface area (Å²) in [7, 11) is -3.74. The first-order valence-corrected chi connectivity index (χ1v) is 8.31. The molecule has 0 aromatic rings. The first-order valence-electron chi connectivity index (χ1n) is 6.70.